The van der Waals surface area contributed by atoms with Gasteiger partial charge in [0.1, 0.15) is 0 Å². The molecule has 0 saturated heterocycles. The monoisotopic (exact) mass is 943 g/mol. The third-order valence-corrected chi connectivity index (χ3v) is 12.5. The minimum absolute atomic E-state index is 0. The van der Waals surface area contributed by atoms with E-state index in [0.29, 0.717) is 72.1 Å². The SMILES string of the molecule is [Cu+2].c1cc[n+](Cc2ccc3c(c2)-c2nc-3nc3[n-]c(nc4nc(nc5[n-]c(n2)c2cc(C[n+]6ccccc6)ccc52)-c2ccc(C[n+]5ccccc5)cc2-4)c2cc(C[n+]4ccccc4)ccc32)cc1. The van der Waals surface area contributed by atoms with Crippen LogP contribution in [0.2, 0.25) is 0 Å². The van der Waals surface area contributed by atoms with Crippen molar-refractivity contribution in [2.24, 2.45) is 0 Å². The van der Waals surface area contributed by atoms with Gasteiger partial charge < -0.3 is 29.9 Å². The van der Waals surface area contributed by atoms with Crippen molar-refractivity contribution in [2.75, 3.05) is 0 Å². The second-order valence-corrected chi connectivity index (χ2v) is 17.2. The average molecular weight is 945 g/mol. The van der Waals surface area contributed by atoms with E-state index in [0.717, 1.165) is 66.1 Å². The number of hydrogen-bond donors (Lipinski definition) is 0. The molecule has 7 aromatic heterocycles. The maximum Gasteiger partial charge on any atom is 2.00 e. The Bertz CT molecular complexity index is 3660. The number of fused-ring (bicyclic) bond motifs is 20. The van der Waals surface area contributed by atoms with Crippen LogP contribution in [0.1, 0.15) is 22.3 Å². The first-order valence-corrected chi connectivity index (χ1v) is 22.6. The first kappa shape index (κ1) is 41.8. The van der Waals surface area contributed by atoms with Crippen LogP contribution >= 0.6 is 0 Å². The Balaban J connectivity index is 0.00000492. The molecule has 8 bridgehead atoms. The van der Waals surface area contributed by atoms with Gasteiger partial charge in [-0.15, -0.1) is 0 Å². The van der Waals surface area contributed by atoms with Gasteiger partial charge in [-0.2, -0.15) is 0 Å². The molecule has 0 atom stereocenters. The van der Waals surface area contributed by atoms with Gasteiger partial charge in [0.25, 0.3) is 0 Å². The summed E-state index contributed by atoms with van der Waals surface area (Å²) in [6, 6.07) is 50.0. The van der Waals surface area contributed by atoms with Gasteiger partial charge in [-0.1, -0.05) is 72.8 Å². The molecule has 11 aromatic rings. The molecule has 0 saturated carbocycles. The van der Waals surface area contributed by atoms with E-state index in [1.807, 2.05) is 72.8 Å². The predicted octanol–water partition coefficient (Wildman–Crippen LogP) is 7.47. The first-order chi connectivity index (χ1) is 33.6. The molecule has 4 aromatic carbocycles. The third kappa shape index (κ3) is 8.09. The maximum atomic E-state index is 5.33. The summed E-state index contributed by atoms with van der Waals surface area (Å²) in [6.07, 6.45) is 16.5. The molecule has 13 heteroatoms. The number of nitrogens with zero attached hydrogens (tertiary/aromatic N) is 12. The van der Waals surface area contributed by atoms with Crippen LogP contribution in [0.4, 0.5) is 0 Å². The molecule has 9 heterocycles. The summed E-state index contributed by atoms with van der Waals surface area (Å²) in [4.78, 5) is 42.1. The van der Waals surface area contributed by atoms with Crippen LogP contribution < -0.4 is 28.2 Å². The zero-order chi connectivity index (χ0) is 45.0. The van der Waals surface area contributed by atoms with E-state index in [-0.39, 0.29) is 17.1 Å². The molecule has 331 valence electrons. The van der Waals surface area contributed by atoms with Crippen molar-refractivity contribution in [1.29, 1.82) is 0 Å². The smallest absolute Gasteiger partial charge is 0.357 e. The van der Waals surface area contributed by atoms with E-state index in [4.69, 9.17) is 39.9 Å². The van der Waals surface area contributed by atoms with Crippen molar-refractivity contribution < 1.29 is 35.3 Å². The summed E-state index contributed by atoms with van der Waals surface area (Å²) < 4.78 is 8.61. The standard InChI is InChI=1S/C56H40N12.Cu/c1-5-21-65(22-6-1)33-37-13-17-41-45(29-37)53-59-49(41)57-50-43-19-15-39(35-67-25-9-3-10-26-67)31-47(43)55(61-50)64-56-48-32-40(36-68-27-11-4-12-28-68)16-20-44(48)52(62-56)58-51-42-18-14-38(30-46(42)54(60-51)63-53)34-66-23-7-2-8-24-66;/h1-32H,33-36H2;/q2*+2. The molecule has 2 aliphatic rings. The first-order valence-electron chi connectivity index (χ1n) is 22.6. The Morgan fingerprint density at radius 2 is 0.580 bits per heavy atom. The van der Waals surface area contributed by atoms with Crippen LogP contribution in [0, 0.1) is 0 Å². The summed E-state index contributed by atoms with van der Waals surface area (Å²) in [6.45, 7) is 2.70. The second kappa shape index (κ2) is 17.5. The van der Waals surface area contributed by atoms with Gasteiger partial charge in [0.15, 0.2) is 75.8 Å². The predicted molar refractivity (Wildman–Crippen MR) is 257 cm³/mol. The fourth-order valence-electron chi connectivity index (χ4n) is 9.25. The number of benzene rings is 4. The minimum atomic E-state index is 0. The second-order valence-electron chi connectivity index (χ2n) is 17.2. The molecule has 69 heavy (non-hydrogen) atoms. The van der Waals surface area contributed by atoms with Gasteiger partial charge in [0, 0.05) is 116 Å². The largest absolute Gasteiger partial charge is 2.00 e. The van der Waals surface area contributed by atoms with Gasteiger partial charge in [-0.05, 0) is 45.8 Å². The number of pyridine rings is 4. The molecule has 0 aliphatic carbocycles. The van der Waals surface area contributed by atoms with Gasteiger partial charge in [-0.3, -0.25) is 0 Å². The molecule has 0 fully saturated rings. The quantitative estimate of drug-likeness (QED) is 0.114. The maximum absolute atomic E-state index is 5.33. The van der Waals surface area contributed by atoms with E-state index in [2.05, 4.69) is 141 Å². The minimum Gasteiger partial charge on any atom is -0.357 e. The summed E-state index contributed by atoms with van der Waals surface area (Å²) in [5.74, 6) is 2.07. The molecule has 0 spiro atoms. The van der Waals surface area contributed by atoms with Crippen molar-refractivity contribution in [3.63, 3.8) is 0 Å². The molecule has 0 amide bonds. The fourth-order valence-corrected chi connectivity index (χ4v) is 9.25. The van der Waals surface area contributed by atoms with Crippen molar-refractivity contribution in [2.45, 2.75) is 26.2 Å². The van der Waals surface area contributed by atoms with E-state index >= 15 is 0 Å². The van der Waals surface area contributed by atoms with Gasteiger partial charge in [-0.25, -0.2) is 28.2 Å². The van der Waals surface area contributed by atoms with E-state index in [9.17, 15) is 0 Å². The Morgan fingerprint density at radius 3 is 0.928 bits per heavy atom. The number of hydrogen-bond acceptors (Lipinski definition) is 6. The molecular weight excluding hydrogens is 904 g/mol. The zero-order valence-electron chi connectivity index (χ0n) is 37.0. The Kier molecular flexibility index (Phi) is 10.6. The summed E-state index contributed by atoms with van der Waals surface area (Å²) in [5.41, 5.74) is 9.94. The molecule has 0 unspecified atom stereocenters. The Hall–Kier alpha value is -8.64. The van der Waals surface area contributed by atoms with Gasteiger partial charge >= 0.3 is 17.1 Å². The zero-order valence-corrected chi connectivity index (χ0v) is 37.9. The molecule has 2 aliphatic heterocycles. The molecule has 0 N–H and O–H groups in total. The van der Waals surface area contributed by atoms with Crippen LogP contribution in [0.3, 0.4) is 0 Å². The van der Waals surface area contributed by atoms with Gasteiger partial charge in [0.2, 0.25) is 0 Å². The third-order valence-electron chi connectivity index (χ3n) is 12.5. The van der Waals surface area contributed by atoms with Crippen LogP contribution in [0.5, 0.6) is 0 Å². The topological polar surface area (TPSA) is 121 Å². The Morgan fingerprint density at radius 1 is 0.290 bits per heavy atom. The summed E-state index contributed by atoms with van der Waals surface area (Å²) in [7, 11) is 0. The van der Waals surface area contributed by atoms with Crippen molar-refractivity contribution in [3.8, 4) is 45.6 Å². The van der Waals surface area contributed by atoms with E-state index in [1.54, 1.807) is 0 Å². The number of aromatic nitrogens is 12. The van der Waals surface area contributed by atoms with Crippen molar-refractivity contribution in [3.05, 3.63) is 217 Å². The molecule has 1 radical (unpaired) electrons. The van der Waals surface area contributed by atoms with Crippen LogP contribution in [0.15, 0.2) is 195 Å². The van der Waals surface area contributed by atoms with E-state index < -0.39 is 0 Å². The summed E-state index contributed by atoms with van der Waals surface area (Å²) >= 11 is 0. The average Bonchev–Trinajstić information content (AvgIpc) is 4.10. The molecule has 13 rings (SSSR count). The van der Waals surface area contributed by atoms with Crippen LogP contribution in [-0.2, 0) is 43.2 Å². The number of rotatable bonds is 8. The molecular formula is C56H40CuN12+4. The summed E-state index contributed by atoms with van der Waals surface area (Å²) in [5, 5.41) is 3.46. The van der Waals surface area contributed by atoms with Crippen LogP contribution in [0.25, 0.3) is 89.7 Å². The van der Waals surface area contributed by atoms with E-state index in [1.165, 1.54) is 0 Å². The van der Waals surface area contributed by atoms with Crippen molar-refractivity contribution in [1.82, 2.24) is 39.9 Å². The van der Waals surface area contributed by atoms with Crippen LogP contribution in [-0.4, -0.2) is 29.9 Å². The fraction of sp³-hybridized carbons (Fsp3) is 0.0714. The Labute approximate surface area is 406 Å². The van der Waals surface area contributed by atoms with Gasteiger partial charge in [0.05, 0.1) is 23.3 Å². The normalized spacial score (nSPS) is 11.6. The molecule has 12 nitrogen and oxygen atoms in total. The van der Waals surface area contributed by atoms with Crippen molar-refractivity contribution >= 4 is 44.1 Å².